The Kier molecular flexibility index (Phi) is 6.05. The zero-order chi connectivity index (χ0) is 21.7. The molecule has 3 aromatic rings. The highest BCUT2D eigenvalue weighted by Crippen LogP contribution is 2.34. The van der Waals surface area contributed by atoms with Crippen LogP contribution in [0.3, 0.4) is 0 Å². The molecule has 0 radical (unpaired) electrons. The average molecular weight is 422 g/mol. The number of ether oxygens (including phenoxy) is 1. The number of hydrogen-bond donors (Lipinski definition) is 0. The summed E-state index contributed by atoms with van der Waals surface area (Å²) in [5.74, 6) is 0.177. The van der Waals surface area contributed by atoms with Crippen LogP contribution in [0, 0.1) is 31.6 Å². The molecule has 30 heavy (non-hydrogen) atoms. The van der Waals surface area contributed by atoms with E-state index in [2.05, 4.69) is 6.07 Å². The molecule has 9 heteroatoms. The lowest BCUT2D eigenvalue weighted by atomic mass is 10.0. The minimum absolute atomic E-state index is 0.120. The molecule has 0 spiro atoms. The average Bonchev–Trinajstić information content (AvgIpc) is 2.73. The number of nitriles is 1. The number of nitro groups is 2. The van der Waals surface area contributed by atoms with Crippen molar-refractivity contribution >= 4 is 34.6 Å². The molecule has 3 aromatic carbocycles. The van der Waals surface area contributed by atoms with Gasteiger partial charge >= 0.3 is 5.69 Å². The summed E-state index contributed by atoms with van der Waals surface area (Å²) >= 11 is 5.97. The Morgan fingerprint density at radius 1 is 1.00 bits per heavy atom. The summed E-state index contributed by atoms with van der Waals surface area (Å²) in [6.07, 6.45) is 1.67. The van der Waals surface area contributed by atoms with Gasteiger partial charge in [0.15, 0.2) is 0 Å². The fourth-order valence-electron chi connectivity index (χ4n) is 2.61. The normalized spacial score (nSPS) is 10.9. The third kappa shape index (κ3) is 4.79. The quantitative estimate of drug-likeness (QED) is 0.208. The molecule has 3 rings (SSSR count). The van der Waals surface area contributed by atoms with Gasteiger partial charge in [-0.3, -0.25) is 20.2 Å². The number of hydrogen-bond acceptors (Lipinski definition) is 6. The Hall–Kier alpha value is -4.22. The summed E-state index contributed by atoms with van der Waals surface area (Å²) in [5, 5.41) is 32.0. The molecule has 0 N–H and O–H groups in total. The lowest BCUT2D eigenvalue weighted by molar-refractivity contribution is -0.394. The number of non-ortho nitro benzene ring substituents is 1. The van der Waals surface area contributed by atoms with E-state index in [0.717, 1.165) is 12.1 Å². The van der Waals surface area contributed by atoms with Crippen molar-refractivity contribution in [2.75, 3.05) is 0 Å². The molecule has 0 aliphatic rings. The number of benzene rings is 3. The fraction of sp³-hybridized carbons (Fsp3) is 0. The predicted octanol–water partition coefficient (Wildman–Crippen LogP) is 6.01. The first-order valence-electron chi connectivity index (χ1n) is 8.46. The zero-order valence-corrected chi connectivity index (χ0v) is 15.9. The summed E-state index contributed by atoms with van der Waals surface area (Å²) in [6, 6.07) is 18.7. The van der Waals surface area contributed by atoms with E-state index >= 15 is 0 Å². The number of halogens is 1. The molecule has 0 aromatic heterocycles. The van der Waals surface area contributed by atoms with E-state index in [4.69, 9.17) is 16.3 Å². The Morgan fingerprint density at radius 2 is 1.73 bits per heavy atom. The van der Waals surface area contributed by atoms with Crippen LogP contribution in [0.4, 0.5) is 11.4 Å². The van der Waals surface area contributed by atoms with Gasteiger partial charge in [0.1, 0.15) is 5.75 Å². The van der Waals surface area contributed by atoms with Gasteiger partial charge in [-0.2, -0.15) is 5.26 Å². The van der Waals surface area contributed by atoms with Gasteiger partial charge in [-0.25, -0.2) is 0 Å². The first-order valence-corrected chi connectivity index (χ1v) is 8.83. The fourth-order valence-corrected chi connectivity index (χ4v) is 2.80. The molecule has 0 atom stereocenters. The topological polar surface area (TPSA) is 119 Å². The molecule has 8 nitrogen and oxygen atoms in total. The maximum Gasteiger partial charge on any atom is 0.318 e. The third-order valence-corrected chi connectivity index (χ3v) is 4.26. The SMILES string of the molecule is N#C/C(=C/c1ccc(Oc2ccc([N+](=O)[O-])cc2[N+](=O)[O-])cc1)c1cccc(Cl)c1. The van der Waals surface area contributed by atoms with E-state index in [9.17, 15) is 25.5 Å². The van der Waals surface area contributed by atoms with Gasteiger partial charge in [0.2, 0.25) is 5.75 Å². The van der Waals surface area contributed by atoms with Gasteiger partial charge in [-0.15, -0.1) is 0 Å². The lowest BCUT2D eigenvalue weighted by Crippen LogP contribution is -1.96. The summed E-state index contributed by atoms with van der Waals surface area (Å²) < 4.78 is 5.52. The Balaban J connectivity index is 1.85. The molecule has 0 aliphatic carbocycles. The smallest absolute Gasteiger partial charge is 0.318 e. The molecule has 0 saturated heterocycles. The third-order valence-electron chi connectivity index (χ3n) is 4.03. The molecule has 0 fully saturated rings. The minimum atomic E-state index is -0.746. The highest BCUT2D eigenvalue weighted by atomic mass is 35.5. The van der Waals surface area contributed by atoms with Crippen LogP contribution in [0.15, 0.2) is 66.7 Å². The Bertz CT molecular complexity index is 1200. The van der Waals surface area contributed by atoms with E-state index < -0.39 is 21.2 Å². The van der Waals surface area contributed by atoms with Crippen LogP contribution in [0.25, 0.3) is 11.6 Å². The summed E-state index contributed by atoms with van der Waals surface area (Å²) in [7, 11) is 0. The lowest BCUT2D eigenvalue weighted by Gasteiger charge is -2.07. The first-order chi connectivity index (χ1) is 14.4. The Labute approximate surface area is 175 Å². The van der Waals surface area contributed by atoms with Crippen molar-refractivity contribution in [2.24, 2.45) is 0 Å². The van der Waals surface area contributed by atoms with Crippen molar-refractivity contribution in [3.05, 3.63) is 103 Å². The standard InChI is InChI=1S/C21H12ClN3O5/c22-17-3-1-2-15(11-17)16(13-23)10-14-4-7-19(8-5-14)30-21-9-6-18(24(26)27)12-20(21)25(28)29/h1-12H/b16-10-. The molecule has 0 bridgehead atoms. The van der Waals surface area contributed by atoms with E-state index in [0.29, 0.717) is 27.5 Å². The predicted molar refractivity (Wildman–Crippen MR) is 111 cm³/mol. The van der Waals surface area contributed by atoms with Gasteiger partial charge in [0.05, 0.1) is 27.6 Å². The van der Waals surface area contributed by atoms with Crippen LogP contribution in [0.1, 0.15) is 11.1 Å². The number of nitrogens with zero attached hydrogens (tertiary/aromatic N) is 3. The molecule has 0 amide bonds. The maximum absolute atomic E-state index is 11.2. The van der Waals surface area contributed by atoms with E-state index in [1.54, 1.807) is 54.6 Å². The highest BCUT2D eigenvalue weighted by Gasteiger charge is 2.21. The first kappa shape index (κ1) is 20.5. The van der Waals surface area contributed by atoms with Gasteiger partial charge in [0, 0.05) is 11.1 Å². The summed E-state index contributed by atoms with van der Waals surface area (Å²) in [6.45, 7) is 0. The summed E-state index contributed by atoms with van der Waals surface area (Å²) in [5.41, 5.74) is 0.876. The van der Waals surface area contributed by atoms with E-state index in [1.807, 2.05) is 0 Å². The molecule has 148 valence electrons. The zero-order valence-electron chi connectivity index (χ0n) is 15.2. The van der Waals surface area contributed by atoms with Crippen LogP contribution in [0.2, 0.25) is 5.02 Å². The minimum Gasteiger partial charge on any atom is -0.450 e. The molecule has 0 unspecified atom stereocenters. The molecular weight excluding hydrogens is 410 g/mol. The summed E-state index contributed by atoms with van der Waals surface area (Å²) in [4.78, 5) is 20.6. The number of nitro benzene ring substituents is 2. The van der Waals surface area contributed by atoms with Crippen LogP contribution < -0.4 is 4.74 Å². The second-order valence-corrected chi connectivity index (χ2v) is 6.45. The van der Waals surface area contributed by atoms with Crippen LogP contribution in [-0.4, -0.2) is 9.85 Å². The van der Waals surface area contributed by atoms with Gasteiger partial charge in [-0.05, 0) is 47.5 Å². The highest BCUT2D eigenvalue weighted by molar-refractivity contribution is 6.30. The van der Waals surface area contributed by atoms with Crippen LogP contribution in [0.5, 0.6) is 11.5 Å². The van der Waals surface area contributed by atoms with Gasteiger partial charge < -0.3 is 4.74 Å². The van der Waals surface area contributed by atoms with Crippen LogP contribution in [-0.2, 0) is 0 Å². The molecule has 0 aliphatic heterocycles. The van der Waals surface area contributed by atoms with Crippen molar-refractivity contribution in [1.29, 1.82) is 5.26 Å². The van der Waals surface area contributed by atoms with Crippen LogP contribution >= 0.6 is 11.6 Å². The van der Waals surface area contributed by atoms with Gasteiger partial charge in [-0.1, -0.05) is 35.9 Å². The maximum atomic E-state index is 11.2. The second-order valence-electron chi connectivity index (χ2n) is 6.02. The van der Waals surface area contributed by atoms with E-state index in [-0.39, 0.29) is 5.75 Å². The van der Waals surface area contributed by atoms with E-state index in [1.165, 1.54) is 6.07 Å². The largest absolute Gasteiger partial charge is 0.450 e. The molecule has 0 saturated carbocycles. The number of rotatable bonds is 6. The van der Waals surface area contributed by atoms with Crippen molar-refractivity contribution in [3.8, 4) is 17.6 Å². The monoisotopic (exact) mass is 421 g/mol. The molecular formula is C21H12ClN3O5. The van der Waals surface area contributed by atoms with Crippen molar-refractivity contribution in [3.63, 3.8) is 0 Å². The second kappa shape index (κ2) is 8.86. The Morgan fingerprint density at radius 3 is 2.33 bits per heavy atom. The van der Waals surface area contributed by atoms with Gasteiger partial charge in [0.25, 0.3) is 5.69 Å². The van der Waals surface area contributed by atoms with Crippen molar-refractivity contribution < 1.29 is 14.6 Å². The number of allylic oxidation sites excluding steroid dienone is 1. The molecule has 0 heterocycles. The van der Waals surface area contributed by atoms with Crippen molar-refractivity contribution in [1.82, 2.24) is 0 Å². The van der Waals surface area contributed by atoms with Crippen molar-refractivity contribution in [2.45, 2.75) is 0 Å².